The Balaban J connectivity index is 1.32. The average molecular weight is 433 g/mol. The van der Waals surface area contributed by atoms with Crippen LogP contribution in [0.25, 0.3) is 0 Å². The lowest BCUT2D eigenvalue weighted by atomic mass is 9.57. The topological polar surface area (TPSA) is 0 Å². The van der Waals surface area contributed by atoms with Crippen molar-refractivity contribution in [1.82, 2.24) is 0 Å². The van der Waals surface area contributed by atoms with Gasteiger partial charge in [0.2, 0.25) is 0 Å². The second kappa shape index (κ2) is 6.61. The minimum absolute atomic E-state index is 0.315. The summed E-state index contributed by atoms with van der Waals surface area (Å²) in [4.78, 5) is 0. The van der Waals surface area contributed by atoms with Crippen LogP contribution >= 0.6 is 25.3 Å². The van der Waals surface area contributed by atoms with Gasteiger partial charge in [-0.15, -0.1) is 0 Å². The summed E-state index contributed by atoms with van der Waals surface area (Å²) >= 11 is 10.8. The van der Waals surface area contributed by atoms with E-state index in [9.17, 15) is 0 Å². The molecular weight excluding hydrogens is 388 g/mol. The maximum Gasteiger partial charge on any atom is 0.0164 e. The summed E-state index contributed by atoms with van der Waals surface area (Å²) in [6.45, 7) is 7.45. The number of hydrogen-bond acceptors (Lipinski definition) is 2. The highest BCUT2D eigenvalue weighted by Crippen LogP contribution is 2.77. The van der Waals surface area contributed by atoms with Crippen molar-refractivity contribution in [3.05, 3.63) is 0 Å². The highest BCUT2D eigenvalue weighted by atomic mass is 32.1. The minimum Gasteiger partial charge on any atom is -0.176 e. The molecule has 0 N–H and O–H groups in total. The molecule has 1 spiro atoms. The maximum absolute atomic E-state index is 5.71. The SMILES string of the molecule is CC(S)C1(C2CC(S)([C@@H]3CC4CC[C@@H]5CCC[C@@H]6CCC3C465)CC[C@@H]2C)CC1C. The van der Waals surface area contributed by atoms with Crippen molar-refractivity contribution in [2.75, 3.05) is 0 Å². The fraction of sp³-hybridized carbons (Fsp3) is 1.00. The summed E-state index contributed by atoms with van der Waals surface area (Å²) in [5.41, 5.74) is 1.29. The lowest BCUT2D eigenvalue weighted by Crippen LogP contribution is -2.48. The molecule has 6 rings (SSSR count). The summed E-state index contributed by atoms with van der Waals surface area (Å²) in [5.74, 6) is 7.78. The molecule has 0 nitrogen and oxygen atoms in total. The summed E-state index contributed by atoms with van der Waals surface area (Å²) in [6, 6.07) is 0. The zero-order valence-corrected chi connectivity index (χ0v) is 20.9. The van der Waals surface area contributed by atoms with Crippen LogP contribution in [0.3, 0.4) is 0 Å². The predicted molar refractivity (Wildman–Crippen MR) is 130 cm³/mol. The van der Waals surface area contributed by atoms with Gasteiger partial charge in [-0.2, -0.15) is 25.3 Å². The largest absolute Gasteiger partial charge is 0.176 e. The van der Waals surface area contributed by atoms with Crippen LogP contribution in [0.4, 0.5) is 0 Å². The molecule has 6 saturated carbocycles. The van der Waals surface area contributed by atoms with Crippen LogP contribution in [0.5, 0.6) is 0 Å². The van der Waals surface area contributed by atoms with Crippen molar-refractivity contribution in [2.24, 2.45) is 58.2 Å². The molecule has 6 fully saturated rings. The molecule has 29 heavy (non-hydrogen) atoms. The molecule has 0 aromatic rings. The molecule has 164 valence electrons. The van der Waals surface area contributed by atoms with Crippen molar-refractivity contribution in [3.63, 3.8) is 0 Å². The quantitative estimate of drug-likeness (QED) is 0.420. The van der Waals surface area contributed by atoms with Crippen molar-refractivity contribution in [2.45, 2.75) is 108 Å². The normalized spacial score (nSPS) is 62.0. The Morgan fingerprint density at radius 1 is 0.793 bits per heavy atom. The number of thiol groups is 2. The van der Waals surface area contributed by atoms with E-state index in [1.807, 2.05) is 0 Å². The van der Waals surface area contributed by atoms with E-state index in [1.165, 1.54) is 32.1 Å². The van der Waals surface area contributed by atoms with Gasteiger partial charge in [-0.1, -0.05) is 27.2 Å². The lowest BCUT2D eigenvalue weighted by molar-refractivity contribution is 0.00959. The van der Waals surface area contributed by atoms with Gasteiger partial charge in [0, 0.05) is 10.00 Å². The van der Waals surface area contributed by atoms with E-state index in [4.69, 9.17) is 25.3 Å². The Labute approximate surface area is 191 Å². The van der Waals surface area contributed by atoms with Crippen molar-refractivity contribution in [1.29, 1.82) is 0 Å². The Morgan fingerprint density at radius 3 is 2.10 bits per heavy atom. The van der Waals surface area contributed by atoms with Gasteiger partial charge in [0.15, 0.2) is 0 Å². The summed E-state index contributed by atoms with van der Waals surface area (Å²) in [5, 5.41) is 0.542. The summed E-state index contributed by atoms with van der Waals surface area (Å²) in [6.07, 6.45) is 18.1. The zero-order chi connectivity index (χ0) is 20.2. The van der Waals surface area contributed by atoms with Gasteiger partial charge in [-0.25, -0.2) is 0 Å². The minimum atomic E-state index is 0.315. The average Bonchev–Trinajstić information content (AvgIpc) is 2.99. The van der Waals surface area contributed by atoms with Crippen LogP contribution in [0.2, 0.25) is 0 Å². The van der Waals surface area contributed by atoms with Gasteiger partial charge in [0.25, 0.3) is 0 Å². The highest BCUT2D eigenvalue weighted by Gasteiger charge is 2.70. The number of rotatable bonds is 3. The second-order valence-corrected chi connectivity index (χ2v) is 14.6. The Kier molecular flexibility index (Phi) is 4.63. The van der Waals surface area contributed by atoms with Crippen LogP contribution in [-0.2, 0) is 0 Å². The number of hydrogen-bond donors (Lipinski definition) is 2. The summed E-state index contributed by atoms with van der Waals surface area (Å²) in [7, 11) is 0. The van der Waals surface area contributed by atoms with Gasteiger partial charge >= 0.3 is 0 Å². The first-order valence-corrected chi connectivity index (χ1v) is 14.2. The van der Waals surface area contributed by atoms with Crippen molar-refractivity contribution >= 4 is 25.3 Å². The molecule has 2 heteroatoms. The van der Waals surface area contributed by atoms with E-state index in [0.29, 0.717) is 15.4 Å². The van der Waals surface area contributed by atoms with Gasteiger partial charge in [-0.3, -0.25) is 0 Å². The fourth-order valence-electron chi connectivity index (χ4n) is 11.3. The molecule has 0 aliphatic heterocycles. The van der Waals surface area contributed by atoms with Crippen molar-refractivity contribution < 1.29 is 0 Å². The first-order valence-electron chi connectivity index (χ1n) is 13.2. The standard InChI is InChI=1S/C27H44S2/c1-16-11-12-25(29,15-24(16)26(18(3)28)14-17(26)2)23-13-21-8-7-19-5-4-6-20-9-10-22(23)27(19,20)21/h16-24,28-29H,4-15H2,1-3H3/t16-,17?,18?,19-,20+,21?,22?,23+,24?,25?,26?,27?/m0/s1. The molecule has 0 aromatic carbocycles. The molecule has 0 aromatic heterocycles. The first-order chi connectivity index (χ1) is 13.8. The zero-order valence-electron chi connectivity index (χ0n) is 19.1. The lowest BCUT2D eigenvalue weighted by Gasteiger charge is -2.51. The molecule has 6 aliphatic carbocycles. The third-order valence-corrected chi connectivity index (χ3v) is 13.7. The van der Waals surface area contributed by atoms with Gasteiger partial charge in [-0.05, 0) is 129 Å². The van der Waals surface area contributed by atoms with E-state index in [0.717, 1.165) is 52.8 Å². The molecular formula is C27H44S2. The van der Waals surface area contributed by atoms with Crippen LogP contribution < -0.4 is 0 Å². The Bertz CT molecular complexity index is 663. The Morgan fingerprint density at radius 2 is 1.45 bits per heavy atom. The highest BCUT2D eigenvalue weighted by molar-refractivity contribution is 7.81. The predicted octanol–water partition coefficient (Wildman–Crippen LogP) is 7.68. The van der Waals surface area contributed by atoms with Crippen LogP contribution in [0, 0.1) is 58.2 Å². The smallest absolute Gasteiger partial charge is 0.0164 e. The van der Waals surface area contributed by atoms with E-state index in [-0.39, 0.29) is 0 Å². The second-order valence-electron chi connectivity index (χ2n) is 12.9. The van der Waals surface area contributed by atoms with E-state index in [1.54, 1.807) is 44.9 Å². The molecule has 12 atom stereocenters. The fourth-order valence-corrected chi connectivity index (χ4v) is 12.5. The van der Waals surface area contributed by atoms with Gasteiger partial charge < -0.3 is 0 Å². The molecule has 8 unspecified atom stereocenters. The Hall–Kier alpha value is 0.700. The van der Waals surface area contributed by atoms with E-state index in [2.05, 4.69) is 20.8 Å². The monoisotopic (exact) mass is 432 g/mol. The maximum atomic E-state index is 5.71. The molecule has 0 radical (unpaired) electrons. The van der Waals surface area contributed by atoms with Crippen LogP contribution in [0.1, 0.15) is 97.8 Å². The van der Waals surface area contributed by atoms with Gasteiger partial charge in [0.1, 0.15) is 0 Å². The van der Waals surface area contributed by atoms with Crippen LogP contribution in [0.15, 0.2) is 0 Å². The first kappa shape index (κ1) is 20.3. The molecule has 0 saturated heterocycles. The van der Waals surface area contributed by atoms with E-state index < -0.39 is 0 Å². The molecule has 6 aliphatic rings. The third-order valence-electron chi connectivity index (χ3n) is 12.5. The molecule has 0 bridgehead atoms. The van der Waals surface area contributed by atoms with E-state index >= 15 is 0 Å². The van der Waals surface area contributed by atoms with Gasteiger partial charge in [0.05, 0.1) is 0 Å². The third kappa shape index (κ3) is 2.49. The van der Waals surface area contributed by atoms with Crippen LogP contribution in [-0.4, -0.2) is 10.00 Å². The summed E-state index contributed by atoms with van der Waals surface area (Å²) < 4.78 is 0.315. The van der Waals surface area contributed by atoms with Crippen molar-refractivity contribution in [3.8, 4) is 0 Å². The molecule has 0 heterocycles. The molecule has 0 amide bonds.